The summed E-state index contributed by atoms with van der Waals surface area (Å²) in [6, 6.07) is 20.3. The SMILES string of the molecule is CC(C)CC(=O)N(Cc1cc2ccccc2[nH]c1=O)CC(c1ccccc1)N1CCCCC1. The second kappa shape index (κ2) is 10.8. The zero-order valence-corrected chi connectivity index (χ0v) is 19.8. The zero-order chi connectivity index (χ0) is 23.2. The van der Waals surface area contributed by atoms with Crippen molar-refractivity contribution in [3.8, 4) is 0 Å². The number of amides is 1. The highest BCUT2D eigenvalue weighted by molar-refractivity contribution is 5.79. The number of piperidine rings is 1. The molecule has 1 fully saturated rings. The Balaban J connectivity index is 1.66. The normalized spacial score (nSPS) is 15.6. The van der Waals surface area contributed by atoms with Crippen LogP contribution in [0, 0.1) is 5.92 Å². The standard InChI is InChI=1S/C28H35N3O2/c1-21(2)17-27(32)31(19-24-18-23-13-7-8-14-25(23)29-28(24)33)20-26(22-11-5-3-6-12-22)30-15-9-4-10-16-30/h3,5-8,11-14,18,21,26H,4,9-10,15-17,19-20H2,1-2H3,(H,29,33). The van der Waals surface area contributed by atoms with Crippen molar-refractivity contribution in [2.75, 3.05) is 19.6 Å². The van der Waals surface area contributed by atoms with E-state index in [1.54, 1.807) is 0 Å². The molecule has 3 aromatic rings. The quantitative estimate of drug-likeness (QED) is 0.523. The van der Waals surface area contributed by atoms with Crippen molar-refractivity contribution in [1.29, 1.82) is 0 Å². The van der Waals surface area contributed by atoms with E-state index in [9.17, 15) is 9.59 Å². The monoisotopic (exact) mass is 445 g/mol. The van der Waals surface area contributed by atoms with Crippen LogP contribution in [0.5, 0.6) is 0 Å². The molecular weight excluding hydrogens is 410 g/mol. The van der Waals surface area contributed by atoms with Crippen molar-refractivity contribution in [3.63, 3.8) is 0 Å². The average Bonchev–Trinajstić information content (AvgIpc) is 2.82. The number of para-hydroxylation sites is 1. The van der Waals surface area contributed by atoms with E-state index >= 15 is 0 Å². The zero-order valence-electron chi connectivity index (χ0n) is 19.8. The fourth-order valence-corrected chi connectivity index (χ4v) is 4.79. The summed E-state index contributed by atoms with van der Waals surface area (Å²) in [5, 5.41) is 0.985. The van der Waals surface area contributed by atoms with Gasteiger partial charge in [-0.15, -0.1) is 0 Å². The third kappa shape index (κ3) is 5.91. The van der Waals surface area contributed by atoms with Gasteiger partial charge in [-0.05, 0) is 54.9 Å². The largest absolute Gasteiger partial charge is 0.336 e. The van der Waals surface area contributed by atoms with E-state index in [1.807, 2.05) is 41.3 Å². The Morgan fingerprint density at radius 2 is 1.70 bits per heavy atom. The molecule has 1 aliphatic heterocycles. The number of aromatic amines is 1. The number of likely N-dealkylation sites (tertiary alicyclic amines) is 1. The molecule has 0 bridgehead atoms. The Kier molecular flexibility index (Phi) is 7.61. The first-order chi connectivity index (χ1) is 16.0. The van der Waals surface area contributed by atoms with Gasteiger partial charge < -0.3 is 9.88 Å². The Labute approximate surface area is 196 Å². The molecule has 2 aromatic carbocycles. The van der Waals surface area contributed by atoms with Crippen molar-refractivity contribution < 1.29 is 4.79 Å². The van der Waals surface area contributed by atoms with E-state index in [0.717, 1.165) is 24.0 Å². The second-order valence-corrected chi connectivity index (χ2v) is 9.61. The van der Waals surface area contributed by atoms with Crippen LogP contribution in [-0.2, 0) is 11.3 Å². The number of aromatic nitrogens is 1. The summed E-state index contributed by atoms with van der Waals surface area (Å²) < 4.78 is 0. The number of hydrogen-bond donors (Lipinski definition) is 1. The average molecular weight is 446 g/mol. The number of H-pyrrole nitrogens is 1. The summed E-state index contributed by atoms with van der Waals surface area (Å²) in [6.07, 6.45) is 4.12. The predicted octanol–water partition coefficient (Wildman–Crippen LogP) is 5.13. The van der Waals surface area contributed by atoms with Crippen LogP contribution < -0.4 is 5.56 Å². The number of fused-ring (bicyclic) bond motifs is 1. The number of carbonyl (C=O) groups excluding carboxylic acids is 1. The Morgan fingerprint density at radius 1 is 1.00 bits per heavy atom. The maximum absolute atomic E-state index is 13.4. The molecule has 1 saturated heterocycles. The number of benzene rings is 2. The molecular formula is C28H35N3O2. The first kappa shape index (κ1) is 23.2. The minimum Gasteiger partial charge on any atom is -0.336 e. The van der Waals surface area contributed by atoms with E-state index in [-0.39, 0.29) is 23.4 Å². The van der Waals surface area contributed by atoms with Gasteiger partial charge in [-0.25, -0.2) is 0 Å². The fourth-order valence-electron chi connectivity index (χ4n) is 4.79. The van der Waals surface area contributed by atoms with Crippen molar-refractivity contribution >= 4 is 16.8 Å². The summed E-state index contributed by atoms with van der Waals surface area (Å²) >= 11 is 0. The van der Waals surface area contributed by atoms with E-state index in [0.29, 0.717) is 25.1 Å². The Morgan fingerprint density at radius 3 is 2.42 bits per heavy atom. The van der Waals surface area contributed by atoms with Crippen LogP contribution in [0.1, 0.15) is 56.7 Å². The number of nitrogens with one attached hydrogen (secondary N) is 1. The maximum atomic E-state index is 13.4. The van der Waals surface area contributed by atoms with Crippen LogP contribution in [0.25, 0.3) is 10.9 Å². The number of hydrogen-bond acceptors (Lipinski definition) is 3. The minimum atomic E-state index is -0.120. The minimum absolute atomic E-state index is 0.107. The van der Waals surface area contributed by atoms with Gasteiger partial charge in [-0.2, -0.15) is 0 Å². The molecule has 0 saturated carbocycles. The third-order valence-corrected chi connectivity index (χ3v) is 6.54. The first-order valence-electron chi connectivity index (χ1n) is 12.2. The predicted molar refractivity (Wildman–Crippen MR) is 134 cm³/mol. The Bertz CT molecular complexity index is 1120. The molecule has 1 aliphatic rings. The van der Waals surface area contributed by atoms with Crippen molar-refractivity contribution in [3.05, 3.63) is 82.1 Å². The summed E-state index contributed by atoms with van der Waals surface area (Å²) in [5.41, 5.74) is 2.57. The maximum Gasteiger partial charge on any atom is 0.253 e. The Hall–Kier alpha value is -2.92. The topological polar surface area (TPSA) is 56.4 Å². The lowest BCUT2D eigenvalue weighted by molar-refractivity contribution is -0.133. The molecule has 4 rings (SSSR count). The van der Waals surface area contributed by atoms with E-state index < -0.39 is 0 Å². The summed E-state index contributed by atoms with van der Waals surface area (Å²) in [4.78, 5) is 33.7. The van der Waals surface area contributed by atoms with Crippen molar-refractivity contribution in [2.45, 2.75) is 52.1 Å². The molecule has 5 heteroatoms. The smallest absolute Gasteiger partial charge is 0.253 e. The summed E-state index contributed by atoms with van der Waals surface area (Å²) in [6.45, 7) is 7.13. The number of nitrogens with zero attached hydrogens (tertiary/aromatic N) is 2. The molecule has 1 aromatic heterocycles. The van der Waals surface area contributed by atoms with E-state index in [4.69, 9.17) is 0 Å². The lowest BCUT2D eigenvalue weighted by Gasteiger charge is -2.38. The van der Waals surface area contributed by atoms with Crippen molar-refractivity contribution in [2.24, 2.45) is 5.92 Å². The second-order valence-electron chi connectivity index (χ2n) is 9.61. The highest BCUT2D eigenvalue weighted by Gasteiger charge is 2.27. The van der Waals surface area contributed by atoms with Gasteiger partial charge in [-0.3, -0.25) is 14.5 Å². The van der Waals surface area contributed by atoms with Gasteiger partial charge in [-0.1, -0.05) is 68.8 Å². The highest BCUT2D eigenvalue weighted by Crippen LogP contribution is 2.27. The fraction of sp³-hybridized carbons (Fsp3) is 0.429. The molecule has 0 aliphatic carbocycles. The molecule has 1 atom stereocenters. The lowest BCUT2D eigenvalue weighted by Crippen LogP contribution is -2.43. The van der Waals surface area contributed by atoms with Gasteiger partial charge in [0.1, 0.15) is 0 Å². The molecule has 1 N–H and O–H groups in total. The van der Waals surface area contributed by atoms with Gasteiger partial charge in [0.15, 0.2) is 0 Å². The first-order valence-corrected chi connectivity index (χ1v) is 12.2. The van der Waals surface area contributed by atoms with Crippen LogP contribution in [0.15, 0.2) is 65.5 Å². The summed E-state index contributed by atoms with van der Waals surface area (Å²) in [5.74, 6) is 0.371. The van der Waals surface area contributed by atoms with E-state index in [2.05, 4.69) is 48.0 Å². The van der Waals surface area contributed by atoms with Crippen LogP contribution in [0.2, 0.25) is 0 Å². The number of carbonyl (C=O) groups is 1. The molecule has 5 nitrogen and oxygen atoms in total. The molecule has 33 heavy (non-hydrogen) atoms. The van der Waals surface area contributed by atoms with Gasteiger partial charge >= 0.3 is 0 Å². The van der Waals surface area contributed by atoms with Crippen molar-refractivity contribution in [1.82, 2.24) is 14.8 Å². The molecule has 2 heterocycles. The number of rotatable bonds is 8. The number of pyridine rings is 1. The van der Waals surface area contributed by atoms with E-state index in [1.165, 1.54) is 24.8 Å². The molecule has 0 radical (unpaired) electrons. The van der Waals surface area contributed by atoms with Gasteiger partial charge in [0.2, 0.25) is 5.91 Å². The van der Waals surface area contributed by atoms with Gasteiger partial charge in [0, 0.05) is 24.0 Å². The third-order valence-electron chi connectivity index (χ3n) is 6.54. The van der Waals surface area contributed by atoms with Crippen LogP contribution in [0.3, 0.4) is 0 Å². The van der Waals surface area contributed by atoms with Crippen LogP contribution >= 0.6 is 0 Å². The highest BCUT2D eigenvalue weighted by atomic mass is 16.2. The molecule has 1 unspecified atom stereocenters. The van der Waals surface area contributed by atoms with Crippen LogP contribution in [-0.4, -0.2) is 40.3 Å². The summed E-state index contributed by atoms with van der Waals surface area (Å²) in [7, 11) is 0. The lowest BCUT2D eigenvalue weighted by atomic mass is 10.00. The molecule has 1 amide bonds. The van der Waals surface area contributed by atoms with Gasteiger partial charge in [0.05, 0.1) is 12.6 Å². The van der Waals surface area contributed by atoms with Gasteiger partial charge in [0.25, 0.3) is 5.56 Å². The molecule has 174 valence electrons. The van der Waals surface area contributed by atoms with Crippen LogP contribution in [0.4, 0.5) is 0 Å². The molecule has 0 spiro atoms.